The number of carbonyl (C=O) groups excluding carboxylic acids is 1. The molecule has 4 aromatic rings. The Labute approximate surface area is 178 Å². The van der Waals surface area contributed by atoms with Crippen LogP contribution in [0.1, 0.15) is 33.4 Å². The van der Waals surface area contributed by atoms with Crippen LogP contribution in [0, 0.1) is 5.82 Å². The Hall–Kier alpha value is -3.39. The average molecular weight is 448 g/mol. The number of fused-ring (bicyclic) bond motifs is 1. The summed E-state index contributed by atoms with van der Waals surface area (Å²) in [5, 5.41) is 2.77. The highest BCUT2D eigenvalue weighted by Crippen LogP contribution is 2.31. The fourth-order valence-electron chi connectivity index (χ4n) is 3.23. The number of carbonyl (C=O) groups is 1. The Bertz CT molecular complexity index is 1250. The Balaban J connectivity index is 1.74. The maximum absolute atomic E-state index is 13.3. The molecule has 0 bridgehead atoms. The zero-order chi connectivity index (χ0) is 22.2. The van der Waals surface area contributed by atoms with Crippen LogP contribution < -0.4 is 5.32 Å². The van der Waals surface area contributed by atoms with Gasteiger partial charge in [0.15, 0.2) is 0 Å². The van der Waals surface area contributed by atoms with Crippen molar-refractivity contribution in [1.82, 2.24) is 15.3 Å². The molecule has 3 aromatic carbocycles. The van der Waals surface area contributed by atoms with E-state index in [1.807, 2.05) is 0 Å². The number of imidazole rings is 1. The van der Waals surface area contributed by atoms with E-state index in [1.165, 1.54) is 18.2 Å². The third-order valence-electron chi connectivity index (χ3n) is 4.69. The number of benzene rings is 3. The van der Waals surface area contributed by atoms with Crippen LogP contribution in [0.5, 0.6) is 0 Å². The maximum atomic E-state index is 13.3. The van der Waals surface area contributed by atoms with Gasteiger partial charge in [0.05, 0.1) is 27.7 Å². The van der Waals surface area contributed by atoms with Gasteiger partial charge in [-0.1, -0.05) is 48.0 Å². The maximum Gasteiger partial charge on any atom is 0.449 e. The first-order valence-electron chi connectivity index (χ1n) is 9.10. The second-order valence-corrected chi connectivity index (χ2v) is 7.21. The zero-order valence-corrected chi connectivity index (χ0v) is 16.4. The Morgan fingerprint density at radius 2 is 1.74 bits per heavy atom. The quantitative estimate of drug-likeness (QED) is 0.383. The van der Waals surface area contributed by atoms with Crippen molar-refractivity contribution in [3.05, 3.63) is 100 Å². The lowest BCUT2D eigenvalue weighted by Gasteiger charge is -2.20. The number of amides is 1. The first-order valence-corrected chi connectivity index (χ1v) is 9.48. The molecule has 0 aliphatic heterocycles. The summed E-state index contributed by atoms with van der Waals surface area (Å²) in [4.78, 5) is 18.7. The van der Waals surface area contributed by atoms with Gasteiger partial charge in [-0.05, 0) is 41.5 Å². The van der Waals surface area contributed by atoms with E-state index in [4.69, 9.17) is 11.6 Å². The molecule has 4 rings (SSSR count). The number of rotatable bonds is 4. The van der Waals surface area contributed by atoms with Gasteiger partial charge in [0.2, 0.25) is 5.82 Å². The summed E-state index contributed by atoms with van der Waals surface area (Å²) in [7, 11) is 0. The van der Waals surface area contributed by atoms with E-state index in [9.17, 15) is 22.4 Å². The molecular weight excluding hydrogens is 434 g/mol. The van der Waals surface area contributed by atoms with Gasteiger partial charge in [-0.25, -0.2) is 9.37 Å². The lowest BCUT2D eigenvalue weighted by molar-refractivity contribution is -0.144. The average Bonchev–Trinajstić information content (AvgIpc) is 3.16. The third-order valence-corrected chi connectivity index (χ3v) is 5.00. The monoisotopic (exact) mass is 447 g/mol. The van der Waals surface area contributed by atoms with Gasteiger partial charge in [-0.15, -0.1) is 0 Å². The van der Waals surface area contributed by atoms with Crippen LogP contribution in [-0.2, 0) is 6.18 Å². The molecule has 0 saturated carbocycles. The summed E-state index contributed by atoms with van der Waals surface area (Å²) in [5.41, 5.74) is 1.63. The lowest BCUT2D eigenvalue weighted by Crippen LogP contribution is -2.29. The minimum absolute atomic E-state index is 0.0526. The van der Waals surface area contributed by atoms with E-state index in [-0.39, 0.29) is 21.6 Å². The molecule has 1 aromatic heterocycles. The summed E-state index contributed by atoms with van der Waals surface area (Å²) in [5.74, 6) is -2.23. The number of nitrogens with zero attached hydrogens (tertiary/aromatic N) is 1. The van der Waals surface area contributed by atoms with Crippen LogP contribution >= 0.6 is 11.6 Å². The molecule has 4 nitrogen and oxygen atoms in total. The molecule has 0 spiro atoms. The zero-order valence-electron chi connectivity index (χ0n) is 15.7. The standard InChI is InChI=1S/C22H14ClF4N3O/c23-16-11-14(24)7-8-15(16)20(31)30-19(12-4-2-1-3-5-12)13-6-9-17-18(10-13)29-21(28-17)22(25,26)27/h1-11,19H,(H,28,29)(H,30,31). The van der Waals surface area contributed by atoms with Crippen molar-refractivity contribution in [2.24, 2.45) is 0 Å². The number of aromatic nitrogens is 2. The first kappa shape index (κ1) is 20.9. The molecule has 1 atom stereocenters. The van der Waals surface area contributed by atoms with E-state index >= 15 is 0 Å². The minimum Gasteiger partial charge on any atom is -0.341 e. The van der Waals surface area contributed by atoms with Crippen molar-refractivity contribution in [3.63, 3.8) is 0 Å². The van der Waals surface area contributed by atoms with Crippen LogP contribution in [0.25, 0.3) is 11.0 Å². The van der Waals surface area contributed by atoms with E-state index < -0.39 is 29.8 Å². The van der Waals surface area contributed by atoms with Crippen molar-refractivity contribution in [2.75, 3.05) is 0 Å². The number of nitrogens with one attached hydrogen (secondary N) is 2. The van der Waals surface area contributed by atoms with Gasteiger partial charge in [0.25, 0.3) is 5.91 Å². The number of halogens is 5. The molecule has 0 saturated heterocycles. The van der Waals surface area contributed by atoms with Gasteiger partial charge >= 0.3 is 6.18 Å². The van der Waals surface area contributed by atoms with Crippen LogP contribution in [-0.4, -0.2) is 15.9 Å². The van der Waals surface area contributed by atoms with E-state index in [0.29, 0.717) is 11.1 Å². The highest BCUT2D eigenvalue weighted by molar-refractivity contribution is 6.33. The normalized spacial score (nSPS) is 12.7. The Morgan fingerprint density at radius 1 is 1.00 bits per heavy atom. The summed E-state index contributed by atoms with van der Waals surface area (Å²) in [6.45, 7) is 0. The Kier molecular flexibility index (Phi) is 5.41. The third kappa shape index (κ3) is 4.39. The molecule has 1 unspecified atom stereocenters. The van der Waals surface area contributed by atoms with Crippen molar-refractivity contribution in [1.29, 1.82) is 0 Å². The molecular formula is C22H14ClF4N3O. The van der Waals surface area contributed by atoms with Crippen LogP contribution in [0.4, 0.5) is 17.6 Å². The van der Waals surface area contributed by atoms with Crippen molar-refractivity contribution in [3.8, 4) is 0 Å². The van der Waals surface area contributed by atoms with Crippen LogP contribution in [0.3, 0.4) is 0 Å². The summed E-state index contributed by atoms with van der Waals surface area (Å²) in [6, 6.07) is 16.2. The van der Waals surface area contributed by atoms with Gasteiger partial charge in [-0.2, -0.15) is 13.2 Å². The minimum atomic E-state index is -4.61. The highest BCUT2D eigenvalue weighted by atomic mass is 35.5. The van der Waals surface area contributed by atoms with E-state index in [1.54, 1.807) is 36.4 Å². The molecule has 158 valence electrons. The van der Waals surface area contributed by atoms with Gasteiger partial charge in [-0.3, -0.25) is 4.79 Å². The summed E-state index contributed by atoms with van der Waals surface area (Å²) >= 11 is 6.00. The fraction of sp³-hybridized carbons (Fsp3) is 0.0909. The molecule has 0 aliphatic carbocycles. The van der Waals surface area contributed by atoms with Gasteiger partial charge < -0.3 is 10.3 Å². The molecule has 1 amide bonds. The predicted octanol–water partition coefficient (Wildman–Crippen LogP) is 5.89. The molecule has 31 heavy (non-hydrogen) atoms. The largest absolute Gasteiger partial charge is 0.449 e. The predicted molar refractivity (Wildman–Crippen MR) is 108 cm³/mol. The first-order chi connectivity index (χ1) is 14.7. The second-order valence-electron chi connectivity index (χ2n) is 6.80. The van der Waals surface area contributed by atoms with Crippen molar-refractivity contribution < 1.29 is 22.4 Å². The van der Waals surface area contributed by atoms with Gasteiger partial charge in [0.1, 0.15) is 5.82 Å². The topological polar surface area (TPSA) is 57.8 Å². The van der Waals surface area contributed by atoms with E-state index in [0.717, 1.165) is 12.1 Å². The molecule has 0 aliphatic rings. The lowest BCUT2D eigenvalue weighted by atomic mass is 9.97. The van der Waals surface area contributed by atoms with Crippen molar-refractivity contribution in [2.45, 2.75) is 12.2 Å². The number of aromatic amines is 1. The van der Waals surface area contributed by atoms with Crippen LogP contribution in [0.15, 0.2) is 66.7 Å². The SMILES string of the molecule is O=C(NC(c1ccccc1)c1ccc2nc(C(F)(F)F)[nH]c2c1)c1ccc(F)cc1Cl. The number of hydrogen-bond acceptors (Lipinski definition) is 2. The molecule has 2 N–H and O–H groups in total. The smallest absolute Gasteiger partial charge is 0.341 e. The van der Waals surface area contributed by atoms with E-state index in [2.05, 4.69) is 15.3 Å². The molecule has 0 fully saturated rings. The van der Waals surface area contributed by atoms with Gasteiger partial charge in [0, 0.05) is 0 Å². The summed E-state index contributed by atoms with van der Waals surface area (Å²) < 4.78 is 52.3. The van der Waals surface area contributed by atoms with Crippen molar-refractivity contribution >= 4 is 28.5 Å². The number of H-pyrrole nitrogens is 1. The molecule has 1 heterocycles. The second kappa shape index (κ2) is 8.03. The molecule has 9 heteroatoms. The number of alkyl halides is 3. The molecule has 0 radical (unpaired) electrons. The Morgan fingerprint density at radius 3 is 2.42 bits per heavy atom. The number of hydrogen-bond donors (Lipinski definition) is 2. The summed E-state index contributed by atoms with van der Waals surface area (Å²) in [6.07, 6.45) is -4.61. The van der Waals surface area contributed by atoms with Crippen LogP contribution in [0.2, 0.25) is 5.02 Å². The fourth-order valence-corrected chi connectivity index (χ4v) is 3.48. The highest BCUT2D eigenvalue weighted by Gasteiger charge is 2.34.